The fourth-order valence-corrected chi connectivity index (χ4v) is 4.36. The summed E-state index contributed by atoms with van der Waals surface area (Å²) >= 11 is 11.0. The van der Waals surface area contributed by atoms with Gasteiger partial charge in [-0.2, -0.15) is 0 Å². The summed E-state index contributed by atoms with van der Waals surface area (Å²) in [4.78, 5) is 15.1. The largest absolute Gasteiger partial charge is 0.316 e. The quantitative estimate of drug-likeness (QED) is 0.758. The molecule has 0 aliphatic heterocycles. The molecule has 1 aromatic heterocycles. The van der Waals surface area contributed by atoms with Crippen molar-refractivity contribution in [1.82, 2.24) is 4.98 Å². The Morgan fingerprint density at radius 1 is 1.14 bits per heavy atom. The number of pyridine rings is 1. The minimum atomic E-state index is -0.0192. The molecule has 0 unspecified atom stereocenters. The van der Waals surface area contributed by atoms with Gasteiger partial charge >= 0.3 is 0 Å². The number of hydrogen-bond acceptors (Lipinski definition) is 2. The lowest BCUT2D eigenvalue weighted by Gasteiger charge is -2.19. The molecule has 1 aliphatic rings. The third-order valence-electron chi connectivity index (χ3n) is 3.73. The van der Waals surface area contributed by atoms with Gasteiger partial charge in [-0.25, -0.2) is 0 Å². The second-order valence-electron chi connectivity index (χ2n) is 5.18. The van der Waals surface area contributed by atoms with Gasteiger partial charge in [-0.3, -0.25) is 4.79 Å². The summed E-state index contributed by atoms with van der Waals surface area (Å²) in [6, 6.07) is 7.85. The average Bonchev–Trinajstić information content (AvgIpc) is 2.51. The molecule has 0 spiro atoms. The van der Waals surface area contributed by atoms with Crippen LogP contribution in [0.4, 0.5) is 0 Å². The summed E-state index contributed by atoms with van der Waals surface area (Å²) in [5.41, 5.74) is 3.70. The van der Waals surface area contributed by atoms with Crippen LogP contribution in [0.15, 0.2) is 38.6 Å². The molecule has 3 rings (SSSR count). The Labute approximate surface area is 141 Å². The molecule has 2 nitrogen and oxygen atoms in total. The monoisotopic (exact) mass is 383 g/mol. The van der Waals surface area contributed by atoms with Gasteiger partial charge in [0.15, 0.2) is 0 Å². The van der Waals surface area contributed by atoms with Crippen LogP contribution in [-0.2, 0) is 18.6 Å². The highest BCUT2D eigenvalue weighted by Gasteiger charge is 2.19. The van der Waals surface area contributed by atoms with E-state index in [0.29, 0.717) is 4.47 Å². The molecule has 2 aromatic rings. The van der Waals surface area contributed by atoms with Crippen molar-refractivity contribution < 1.29 is 0 Å². The third-order valence-corrected chi connectivity index (χ3v) is 5.94. The number of fused-ring (bicyclic) bond motifs is 1. The molecular weight excluding hydrogens is 370 g/mol. The first-order valence-electron chi connectivity index (χ1n) is 6.96. The SMILES string of the molecule is O=c1[nH]c(SCc2ccc(Cl)cc2)c2c(c1Br)CCCC2. The maximum Gasteiger partial charge on any atom is 0.263 e. The van der Waals surface area contributed by atoms with Gasteiger partial charge in [-0.1, -0.05) is 23.7 Å². The summed E-state index contributed by atoms with van der Waals surface area (Å²) in [7, 11) is 0. The van der Waals surface area contributed by atoms with E-state index in [9.17, 15) is 4.79 Å². The van der Waals surface area contributed by atoms with Crippen LogP contribution in [0, 0.1) is 0 Å². The number of rotatable bonds is 3. The normalized spacial score (nSPS) is 14.0. The molecule has 1 aliphatic carbocycles. The van der Waals surface area contributed by atoms with Crippen molar-refractivity contribution in [2.45, 2.75) is 36.5 Å². The molecule has 5 heteroatoms. The second-order valence-corrected chi connectivity index (χ2v) is 7.39. The minimum Gasteiger partial charge on any atom is -0.316 e. The number of hydrogen-bond donors (Lipinski definition) is 1. The van der Waals surface area contributed by atoms with Gasteiger partial charge in [-0.15, -0.1) is 11.8 Å². The zero-order valence-corrected chi connectivity index (χ0v) is 14.6. The predicted octanol–water partition coefficient (Wildman–Crippen LogP) is 4.96. The van der Waals surface area contributed by atoms with Crippen molar-refractivity contribution in [2.24, 2.45) is 0 Å². The van der Waals surface area contributed by atoms with Crippen LogP contribution < -0.4 is 5.56 Å². The molecule has 1 N–H and O–H groups in total. The van der Waals surface area contributed by atoms with Crippen LogP contribution in [-0.4, -0.2) is 4.98 Å². The number of halogens is 2. The van der Waals surface area contributed by atoms with E-state index in [1.807, 2.05) is 24.3 Å². The van der Waals surface area contributed by atoms with Gasteiger partial charge in [0, 0.05) is 10.8 Å². The van der Waals surface area contributed by atoms with E-state index in [1.165, 1.54) is 23.1 Å². The lowest BCUT2D eigenvalue weighted by molar-refractivity contribution is 0.661. The van der Waals surface area contributed by atoms with Crippen LogP contribution >= 0.6 is 39.3 Å². The Hall–Kier alpha value is -0.710. The molecule has 1 heterocycles. The zero-order chi connectivity index (χ0) is 14.8. The second kappa shape index (κ2) is 6.59. The fraction of sp³-hybridized carbons (Fsp3) is 0.312. The van der Waals surface area contributed by atoms with Gasteiger partial charge in [0.25, 0.3) is 5.56 Å². The standard InChI is InChI=1S/C16H15BrClNOS/c17-14-12-3-1-2-4-13(12)16(19-15(14)20)21-9-10-5-7-11(18)8-6-10/h5-8H,1-4,9H2,(H,19,20). The van der Waals surface area contributed by atoms with Crippen LogP contribution in [0.5, 0.6) is 0 Å². The van der Waals surface area contributed by atoms with Crippen LogP contribution in [0.25, 0.3) is 0 Å². The van der Waals surface area contributed by atoms with Gasteiger partial charge in [-0.05, 0) is 70.4 Å². The van der Waals surface area contributed by atoms with Gasteiger partial charge < -0.3 is 4.98 Å². The number of nitrogens with one attached hydrogen (secondary N) is 1. The number of H-pyrrole nitrogens is 1. The van der Waals surface area contributed by atoms with Gasteiger partial charge in [0.1, 0.15) is 0 Å². The predicted molar refractivity (Wildman–Crippen MR) is 92.4 cm³/mol. The Kier molecular flexibility index (Phi) is 4.77. The van der Waals surface area contributed by atoms with E-state index >= 15 is 0 Å². The highest BCUT2D eigenvalue weighted by molar-refractivity contribution is 9.10. The molecule has 21 heavy (non-hydrogen) atoms. The molecule has 0 amide bonds. The average molecular weight is 385 g/mol. The maximum atomic E-state index is 12.0. The molecular formula is C16H15BrClNOS. The van der Waals surface area contributed by atoms with Crippen molar-refractivity contribution in [2.75, 3.05) is 0 Å². The van der Waals surface area contributed by atoms with Crippen LogP contribution in [0.1, 0.15) is 29.5 Å². The number of aromatic nitrogens is 1. The van der Waals surface area contributed by atoms with E-state index in [4.69, 9.17) is 11.6 Å². The molecule has 110 valence electrons. The minimum absolute atomic E-state index is 0.0192. The van der Waals surface area contributed by atoms with Crippen LogP contribution in [0.2, 0.25) is 5.02 Å². The van der Waals surface area contributed by atoms with Crippen molar-refractivity contribution in [3.8, 4) is 0 Å². The van der Waals surface area contributed by atoms with Gasteiger partial charge in [0.2, 0.25) is 0 Å². The lowest BCUT2D eigenvalue weighted by atomic mass is 9.93. The summed E-state index contributed by atoms with van der Waals surface area (Å²) in [5, 5.41) is 1.77. The van der Waals surface area contributed by atoms with E-state index < -0.39 is 0 Å². The summed E-state index contributed by atoms with van der Waals surface area (Å²) in [6.45, 7) is 0. The fourth-order valence-electron chi connectivity index (χ4n) is 2.63. The lowest BCUT2D eigenvalue weighted by Crippen LogP contribution is -2.17. The number of aromatic amines is 1. The first kappa shape index (κ1) is 15.2. The summed E-state index contributed by atoms with van der Waals surface area (Å²) < 4.78 is 0.716. The first-order valence-corrected chi connectivity index (χ1v) is 9.11. The van der Waals surface area contributed by atoms with Gasteiger partial charge in [0.05, 0.1) is 9.50 Å². The Morgan fingerprint density at radius 3 is 2.52 bits per heavy atom. The summed E-state index contributed by atoms with van der Waals surface area (Å²) in [6.07, 6.45) is 4.40. The van der Waals surface area contributed by atoms with Crippen LogP contribution in [0.3, 0.4) is 0 Å². The van der Waals surface area contributed by atoms with E-state index in [-0.39, 0.29) is 5.56 Å². The number of thioether (sulfide) groups is 1. The van der Waals surface area contributed by atoms with Crippen molar-refractivity contribution in [1.29, 1.82) is 0 Å². The smallest absolute Gasteiger partial charge is 0.263 e. The van der Waals surface area contributed by atoms with Crippen molar-refractivity contribution in [3.05, 3.63) is 60.8 Å². The van der Waals surface area contributed by atoms with Crippen molar-refractivity contribution >= 4 is 39.3 Å². The Balaban J connectivity index is 1.87. The maximum absolute atomic E-state index is 12.0. The molecule has 0 saturated heterocycles. The molecule has 0 fully saturated rings. The zero-order valence-electron chi connectivity index (χ0n) is 11.4. The van der Waals surface area contributed by atoms with E-state index in [1.54, 1.807) is 11.8 Å². The highest BCUT2D eigenvalue weighted by atomic mass is 79.9. The topological polar surface area (TPSA) is 32.9 Å². The Morgan fingerprint density at radius 2 is 1.81 bits per heavy atom. The highest BCUT2D eigenvalue weighted by Crippen LogP contribution is 2.33. The molecule has 0 bridgehead atoms. The molecule has 1 aromatic carbocycles. The Bertz CT molecular complexity index is 711. The number of benzene rings is 1. The third kappa shape index (κ3) is 3.38. The van der Waals surface area contributed by atoms with E-state index in [2.05, 4.69) is 20.9 Å². The molecule has 0 radical (unpaired) electrons. The molecule has 0 saturated carbocycles. The molecule has 0 atom stereocenters. The first-order chi connectivity index (χ1) is 10.1. The van der Waals surface area contributed by atoms with E-state index in [0.717, 1.165) is 35.1 Å². The van der Waals surface area contributed by atoms with Crippen molar-refractivity contribution in [3.63, 3.8) is 0 Å². The summed E-state index contributed by atoms with van der Waals surface area (Å²) in [5.74, 6) is 0.835.